The lowest BCUT2D eigenvalue weighted by molar-refractivity contribution is -0.176. The lowest BCUT2D eigenvalue weighted by atomic mass is 9.89. The van der Waals surface area contributed by atoms with Gasteiger partial charge in [0.05, 0.1) is 5.60 Å². The molecule has 51 heavy (non-hydrogen) atoms. The van der Waals surface area contributed by atoms with Crippen molar-refractivity contribution in [3.63, 3.8) is 0 Å². The highest BCUT2D eigenvalue weighted by Crippen LogP contribution is 2.36. The van der Waals surface area contributed by atoms with Crippen molar-refractivity contribution in [2.75, 3.05) is 7.11 Å². The maximum Gasteiger partial charge on any atom is 0.340 e. The van der Waals surface area contributed by atoms with Gasteiger partial charge in [-0.15, -0.1) is 0 Å². The quantitative estimate of drug-likeness (QED) is 0.0727. The second-order valence-electron chi connectivity index (χ2n) is 15.1. The van der Waals surface area contributed by atoms with E-state index >= 15 is 0 Å². The van der Waals surface area contributed by atoms with Gasteiger partial charge >= 0.3 is 5.97 Å². The van der Waals surface area contributed by atoms with Crippen molar-refractivity contribution in [2.45, 2.75) is 137 Å². The molecular formula is C47H64O4. The van der Waals surface area contributed by atoms with Crippen LogP contribution in [0, 0.1) is 0 Å². The van der Waals surface area contributed by atoms with Gasteiger partial charge in [-0.3, -0.25) is 0 Å². The average molecular weight is 693 g/mol. The molecule has 0 aliphatic carbocycles. The van der Waals surface area contributed by atoms with Gasteiger partial charge in [0.2, 0.25) is 0 Å². The second kappa shape index (κ2) is 21.0. The molecule has 3 aromatic rings. The zero-order valence-corrected chi connectivity index (χ0v) is 33.0. The minimum atomic E-state index is -1.22. The molecule has 0 fully saturated rings. The lowest BCUT2D eigenvalue weighted by Gasteiger charge is -2.33. The summed E-state index contributed by atoms with van der Waals surface area (Å²) in [7, 11) is 1.56. The summed E-state index contributed by atoms with van der Waals surface area (Å²) >= 11 is 0. The van der Waals surface area contributed by atoms with Gasteiger partial charge in [0.25, 0.3) is 0 Å². The van der Waals surface area contributed by atoms with Gasteiger partial charge in [0.15, 0.2) is 6.10 Å². The number of fused-ring (bicyclic) bond motifs is 2. The number of hydrogen-bond acceptors (Lipinski definition) is 4. The van der Waals surface area contributed by atoms with Crippen LogP contribution in [0.2, 0.25) is 0 Å². The molecule has 0 saturated carbocycles. The Morgan fingerprint density at radius 2 is 1.14 bits per heavy atom. The molecule has 3 rings (SSSR count). The van der Waals surface area contributed by atoms with Crippen molar-refractivity contribution >= 4 is 27.5 Å². The van der Waals surface area contributed by atoms with Gasteiger partial charge in [-0.05, 0) is 147 Å². The van der Waals surface area contributed by atoms with E-state index in [0.717, 1.165) is 65.6 Å². The zero-order chi connectivity index (χ0) is 37.4. The number of ether oxygens (including phenoxy) is 2. The second-order valence-corrected chi connectivity index (χ2v) is 15.1. The number of methoxy groups -OCH3 is 1. The molecule has 0 amide bonds. The summed E-state index contributed by atoms with van der Waals surface area (Å²) < 4.78 is 12.3. The fraction of sp³-hybridized carbons (Fsp3) is 0.468. The molecule has 0 radical (unpaired) electrons. The van der Waals surface area contributed by atoms with Crippen LogP contribution in [0.1, 0.15) is 131 Å². The van der Waals surface area contributed by atoms with Gasteiger partial charge in [0.1, 0.15) is 6.10 Å². The Balaban J connectivity index is 1.81. The highest BCUT2D eigenvalue weighted by Gasteiger charge is 2.37. The smallest absolute Gasteiger partial charge is 0.340 e. The van der Waals surface area contributed by atoms with Crippen molar-refractivity contribution in [3.05, 3.63) is 118 Å². The molecule has 3 aromatic carbocycles. The van der Waals surface area contributed by atoms with Crippen molar-refractivity contribution < 1.29 is 19.4 Å². The van der Waals surface area contributed by atoms with Crippen LogP contribution in [0.5, 0.6) is 0 Å². The van der Waals surface area contributed by atoms with E-state index < -0.39 is 23.8 Å². The first-order valence-corrected chi connectivity index (χ1v) is 18.9. The summed E-state index contributed by atoms with van der Waals surface area (Å²) in [6.07, 6.45) is 18.3. The molecule has 276 valence electrons. The van der Waals surface area contributed by atoms with Crippen LogP contribution in [0.4, 0.5) is 0 Å². The van der Waals surface area contributed by atoms with Crippen LogP contribution in [0.25, 0.3) is 21.5 Å². The fourth-order valence-corrected chi connectivity index (χ4v) is 6.64. The molecule has 4 heteroatoms. The highest BCUT2D eigenvalue weighted by molar-refractivity contribution is 6.05. The van der Waals surface area contributed by atoms with Crippen LogP contribution in [0.15, 0.2) is 113 Å². The van der Waals surface area contributed by atoms with E-state index in [-0.39, 0.29) is 0 Å². The molecule has 0 bridgehead atoms. The normalized spacial score (nSPS) is 15.0. The van der Waals surface area contributed by atoms with Gasteiger partial charge < -0.3 is 14.6 Å². The monoisotopic (exact) mass is 692 g/mol. The number of carbonyl (C=O) groups excluding carboxylic acids is 1. The number of aliphatic hydroxyl groups is 1. The summed E-state index contributed by atoms with van der Waals surface area (Å²) in [5.41, 5.74) is 6.30. The number of esters is 1. The standard InChI is InChI=1S/C47H64O4/c1-34(2)19-14-21-36(5)23-16-24-37(6)25-17-31-43(47(8,49)32-18-26-38(7)22-15-20-35(3)4)51-46(48)45(50-9)44-41-29-12-10-27-39(41)33-40-28-11-13-30-42(40)44/h10-13,19-20,23,25-30,33,43,45,49H,14-18,21-22,24,31-32H2,1-9H3/b36-23+,37-25+,38-26+/t43-,45+,47+/m1/s1. The van der Waals surface area contributed by atoms with Crippen LogP contribution < -0.4 is 0 Å². The number of carbonyl (C=O) groups is 1. The van der Waals surface area contributed by atoms with Crippen molar-refractivity contribution in [1.29, 1.82) is 0 Å². The predicted octanol–water partition coefficient (Wildman–Crippen LogP) is 13.0. The van der Waals surface area contributed by atoms with E-state index in [9.17, 15) is 9.90 Å². The summed E-state index contributed by atoms with van der Waals surface area (Å²) in [4.78, 5) is 14.2. The van der Waals surface area contributed by atoms with Crippen molar-refractivity contribution in [3.8, 4) is 0 Å². The maximum absolute atomic E-state index is 14.2. The summed E-state index contributed by atoms with van der Waals surface area (Å²) in [6.45, 7) is 16.9. The zero-order valence-electron chi connectivity index (χ0n) is 33.0. The minimum Gasteiger partial charge on any atom is -0.457 e. The first kappa shape index (κ1) is 41.7. The van der Waals surface area contributed by atoms with Gasteiger partial charge in [0, 0.05) is 12.7 Å². The third-order valence-corrected chi connectivity index (χ3v) is 9.76. The van der Waals surface area contributed by atoms with E-state index in [2.05, 4.69) is 97.0 Å². The average Bonchev–Trinajstić information content (AvgIpc) is 3.07. The molecule has 0 heterocycles. The Hall–Kier alpha value is -3.73. The first-order valence-electron chi connectivity index (χ1n) is 18.9. The third kappa shape index (κ3) is 13.7. The molecule has 0 spiro atoms. The van der Waals surface area contributed by atoms with Crippen molar-refractivity contribution in [1.82, 2.24) is 0 Å². The van der Waals surface area contributed by atoms with Gasteiger partial charge in [-0.1, -0.05) is 107 Å². The molecule has 0 aromatic heterocycles. The SMILES string of the molecule is CO[C@H](C(=O)O[C@H](CC/C=C(\C)CC/C=C(\C)CCC=C(C)C)[C@@](C)(O)CC/C=C(\C)CCC=C(C)C)c1c2ccccc2cc2ccccc12. The molecule has 3 atom stereocenters. The molecular weight excluding hydrogens is 629 g/mol. The molecule has 1 N–H and O–H groups in total. The summed E-state index contributed by atoms with van der Waals surface area (Å²) in [6, 6.07) is 18.3. The number of rotatable bonds is 20. The molecule has 0 aliphatic heterocycles. The topological polar surface area (TPSA) is 55.8 Å². The van der Waals surface area contributed by atoms with Gasteiger partial charge in [-0.25, -0.2) is 4.79 Å². The Morgan fingerprint density at radius 1 is 0.686 bits per heavy atom. The maximum atomic E-state index is 14.2. The van der Waals surface area contributed by atoms with Crippen LogP contribution in [-0.4, -0.2) is 29.9 Å². The Bertz CT molecular complexity index is 1670. The van der Waals surface area contributed by atoms with Crippen LogP contribution in [0.3, 0.4) is 0 Å². The lowest BCUT2D eigenvalue weighted by Crippen LogP contribution is -2.43. The first-order chi connectivity index (χ1) is 24.3. The highest BCUT2D eigenvalue weighted by atomic mass is 16.6. The molecule has 0 aliphatic rings. The number of hydrogen-bond donors (Lipinski definition) is 1. The Morgan fingerprint density at radius 3 is 1.63 bits per heavy atom. The third-order valence-electron chi connectivity index (χ3n) is 9.76. The van der Waals surface area contributed by atoms with Gasteiger partial charge in [-0.2, -0.15) is 0 Å². The molecule has 0 saturated heterocycles. The number of benzene rings is 3. The van der Waals surface area contributed by atoms with Crippen LogP contribution >= 0.6 is 0 Å². The Kier molecular flexibility index (Phi) is 17.1. The van der Waals surface area contributed by atoms with E-state index in [4.69, 9.17) is 9.47 Å². The predicted molar refractivity (Wildman–Crippen MR) is 218 cm³/mol. The summed E-state index contributed by atoms with van der Waals surface area (Å²) in [5, 5.41) is 15.9. The minimum absolute atomic E-state index is 0.479. The van der Waals surface area contributed by atoms with E-state index in [1.165, 1.54) is 27.9 Å². The summed E-state index contributed by atoms with van der Waals surface area (Å²) in [5.74, 6) is -0.479. The van der Waals surface area contributed by atoms with Crippen molar-refractivity contribution in [2.24, 2.45) is 0 Å². The van der Waals surface area contributed by atoms with E-state index in [0.29, 0.717) is 25.7 Å². The van der Waals surface area contributed by atoms with E-state index in [1.807, 2.05) is 43.3 Å². The largest absolute Gasteiger partial charge is 0.457 e. The number of allylic oxidation sites excluding steroid dienone is 10. The Labute approximate surface area is 309 Å². The molecule has 0 unspecified atom stereocenters. The van der Waals surface area contributed by atoms with Crippen LogP contribution in [-0.2, 0) is 14.3 Å². The molecule has 4 nitrogen and oxygen atoms in total. The van der Waals surface area contributed by atoms with E-state index in [1.54, 1.807) is 7.11 Å². The fourth-order valence-electron chi connectivity index (χ4n) is 6.64.